The van der Waals surface area contributed by atoms with Crippen LogP contribution in [0.25, 0.3) is 0 Å². The topological polar surface area (TPSA) is 48.7 Å². The van der Waals surface area contributed by atoms with E-state index in [4.69, 9.17) is 20.8 Å². The molecular weight excluding hydrogens is 256 g/mol. The molecule has 0 atom stereocenters. The lowest BCUT2D eigenvalue weighted by Crippen LogP contribution is -1.99. The second kappa shape index (κ2) is 5.60. The van der Waals surface area contributed by atoms with Crippen LogP contribution in [0.3, 0.4) is 0 Å². The van der Waals surface area contributed by atoms with Crippen molar-refractivity contribution in [1.29, 1.82) is 0 Å². The van der Waals surface area contributed by atoms with Crippen LogP contribution in [0.4, 0.5) is 0 Å². The zero-order chi connectivity index (χ0) is 13.0. The van der Waals surface area contributed by atoms with Crippen molar-refractivity contribution in [2.24, 2.45) is 0 Å². The fraction of sp³-hybridized carbons (Fsp3) is 0.154. The molecule has 1 heterocycles. The second-order valence-electron chi connectivity index (χ2n) is 3.50. The summed E-state index contributed by atoms with van der Waals surface area (Å²) in [6.45, 7) is 0.235. The second-order valence-corrected chi connectivity index (χ2v) is 3.94. The molecule has 0 N–H and O–H groups in total. The van der Waals surface area contributed by atoms with Gasteiger partial charge >= 0.3 is 5.97 Å². The van der Waals surface area contributed by atoms with Gasteiger partial charge < -0.3 is 13.9 Å². The molecule has 18 heavy (non-hydrogen) atoms. The van der Waals surface area contributed by atoms with Crippen molar-refractivity contribution in [1.82, 2.24) is 0 Å². The first-order valence-corrected chi connectivity index (χ1v) is 5.62. The van der Waals surface area contributed by atoms with Crippen molar-refractivity contribution in [3.8, 4) is 5.75 Å². The smallest absolute Gasteiger partial charge is 0.373 e. The van der Waals surface area contributed by atoms with Crippen molar-refractivity contribution >= 4 is 17.6 Å². The normalized spacial score (nSPS) is 10.1. The van der Waals surface area contributed by atoms with E-state index in [9.17, 15) is 4.79 Å². The summed E-state index contributed by atoms with van der Waals surface area (Å²) in [4.78, 5) is 11.2. The standard InChI is InChI=1S/C13H11ClO4/c1-16-13(15)12-7-6-11(18-12)8-17-10-4-2-9(14)3-5-10/h2-7H,8H2,1H3. The van der Waals surface area contributed by atoms with Crippen LogP contribution in [-0.4, -0.2) is 13.1 Å². The summed E-state index contributed by atoms with van der Waals surface area (Å²) in [6, 6.07) is 10.2. The van der Waals surface area contributed by atoms with E-state index in [-0.39, 0.29) is 12.4 Å². The van der Waals surface area contributed by atoms with E-state index >= 15 is 0 Å². The number of benzene rings is 1. The number of carbonyl (C=O) groups is 1. The minimum Gasteiger partial charge on any atom is -0.486 e. The molecule has 0 radical (unpaired) electrons. The van der Waals surface area contributed by atoms with Gasteiger partial charge in [-0.2, -0.15) is 0 Å². The van der Waals surface area contributed by atoms with Crippen LogP contribution in [0.2, 0.25) is 5.02 Å². The highest BCUT2D eigenvalue weighted by Crippen LogP contribution is 2.17. The number of hydrogen-bond donors (Lipinski definition) is 0. The summed E-state index contributed by atoms with van der Waals surface area (Å²) >= 11 is 5.76. The molecule has 1 aromatic heterocycles. The number of carbonyl (C=O) groups excluding carboxylic acids is 1. The average molecular weight is 267 g/mol. The van der Waals surface area contributed by atoms with Gasteiger partial charge in [-0.3, -0.25) is 0 Å². The van der Waals surface area contributed by atoms with Gasteiger partial charge in [0.1, 0.15) is 18.1 Å². The fourth-order valence-electron chi connectivity index (χ4n) is 1.35. The number of ether oxygens (including phenoxy) is 2. The van der Waals surface area contributed by atoms with Gasteiger partial charge in [-0.05, 0) is 36.4 Å². The molecule has 2 rings (SSSR count). The lowest BCUT2D eigenvalue weighted by Gasteiger charge is -2.03. The predicted octanol–water partition coefficient (Wildman–Crippen LogP) is 3.30. The molecule has 0 aliphatic heterocycles. The van der Waals surface area contributed by atoms with Crippen molar-refractivity contribution in [3.05, 3.63) is 52.9 Å². The van der Waals surface area contributed by atoms with Gasteiger partial charge in [0.05, 0.1) is 7.11 Å². The van der Waals surface area contributed by atoms with Gasteiger partial charge in [0, 0.05) is 5.02 Å². The third kappa shape index (κ3) is 3.05. The van der Waals surface area contributed by atoms with E-state index in [1.807, 2.05) is 0 Å². The zero-order valence-corrected chi connectivity index (χ0v) is 10.4. The Labute approximate surface area is 109 Å². The molecule has 1 aromatic carbocycles. The minimum absolute atomic E-state index is 0.159. The first-order chi connectivity index (χ1) is 8.69. The monoisotopic (exact) mass is 266 g/mol. The predicted molar refractivity (Wildman–Crippen MR) is 65.8 cm³/mol. The Bertz CT molecular complexity index is 530. The molecule has 2 aromatic rings. The summed E-state index contributed by atoms with van der Waals surface area (Å²) < 4.78 is 15.3. The van der Waals surface area contributed by atoms with Gasteiger partial charge in [-0.15, -0.1) is 0 Å². The molecule has 0 fully saturated rings. The molecule has 94 valence electrons. The van der Waals surface area contributed by atoms with E-state index < -0.39 is 5.97 Å². The zero-order valence-electron chi connectivity index (χ0n) is 9.68. The molecule has 0 saturated heterocycles. The Kier molecular flexibility index (Phi) is 3.89. The summed E-state index contributed by atoms with van der Waals surface area (Å²) in [6.07, 6.45) is 0. The van der Waals surface area contributed by atoms with Crippen LogP contribution >= 0.6 is 11.6 Å². The first-order valence-electron chi connectivity index (χ1n) is 5.24. The highest BCUT2D eigenvalue weighted by molar-refractivity contribution is 6.30. The van der Waals surface area contributed by atoms with Crippen molar-refractivity contribution in [3.63, 3.8) is 0 Å². The van der Waals surface area contributed by atoms with Crippen LogP contribution in [0.1, 0.15) is 16.3 Å². The number of furan rings is 1. The van der Waals surface area contributed by atoms with Gasteiger partial charge in [-0.25, -0.2) is 4.79 Å². The van der Waals surface area contributed by atoms with Crippen LogP contribution in [0, 0.1) is 0 Å². The summed E-state index contributed by atoms with van der Waals surface area (Å²) in [5.41, 5.74) is 0. The largest absolute Gasteiger partial charge is 0.486 e. The van der Waals surface area contributed by atoms with E-state index in [1.165, 1.54) is 7.11 Å². The molecule has 0 amide bonds. The molecule has 0 spiro atoms. The van der Waals surface area contributed by atoms with Crippen molar-refractivity contribution in [2.45, 2.75) is 6.61 Å². The van der Waals surface area contributed by atoms with Crippen molar-refractivity contribution < 1.29 is 18.7 Å². The Hall–Kier alpha value is -1.94. The molecule has 0 bridgehead atoms. The van der Waals surface area contributed by atoms with Crippen LogP contribution < -0.4 is 4.74 Å². The number of halogens is 1. The number of methoxy groups -OCH3 is 1. The third-order valence-electron chi connectivity index (χ3n) is 2.24. The number of rotatable bonds is 4. The number of esters is 1. The third-order valence-corrected chi connectivity index (χ3v) is 2.49. The minimum atomic E-state index is -0.507. The maximum atomic E-state index is 11.2. The molecular formula is C13H11ClO4. The summed E-state index contributed by atoms with van der Waals surface area (Å²) in [5, 5.41) is 0.647. The lowest BCUT2D eigenvalue weighted by atomic mass is 10.3. The number of hydrogen-bond acceptors (Lipinski definition) is 4. The van der Waals surface area contributed by atoms with E-state index in [0.717, 1.165) is 0 Å². The Morgan fingerprint density at radius 2 is 1.94 bits per heavy atom. The summed E-state index contributed by atoms with van der Waals surface area (Å²) in [7, 11) is 1.30. The van der Waals surface area contributed by atoms with Crippen LogP contribution in [0.15, 0.2) is 40.8 Å². The average Bonchev–Trinajstić information content (AvgIpc) is 2.86. The first kappa shape index (κ1) is 12.5. The van der Waals surface area contributed by atoms with E-state index in [2.05, 4.69) is 4.74 Å². The van der Waals surface area contributed by atoms with Gasteiger partial charge in [0.2, 0.25) is 5.76 Å². The molecule has 4 nitrogen and oxygen atoms in total. The van der Waals surface area contributed by atoms with Crippen LogP contribution in [-0.2, 0) is 11.3 Å². The maximum Gasteiger partial charge on any atom is 0.373 e. The van der Waals surface area contributed by atoms with Gasteiger partial charge in [0.15, 0.2) is 0 Å². The fourth-order valence-corrected chi connectivity index (χ4v) is 1.48. The molecule has 5 heteroatoms. The van der Waals surface area contributed by atoms with E-state index in [0.29, 0.717) is 16.5 Å². The molecule has 0 unspecified atom stereocenters. The SMILES string of the molecule is COC(=O)c1ccc(COc2ccc(Cl)cc2)o1. The molecule has 0 aliphatic rings. The Morgan fingerprint density at radius 3 is 2.61 bits per heavy atom. The molecule has 0 aliphatic carbocycles. The lowest BCUT2D eigenvalue weighted by molar-refractivity contribution is 0.0561. The Morgan fingerprint density at radius 1 is 1.22 bits per heavy atom. The van der Waals surface area contributed by atoms with Gasteiger partial charge in [-0.1, -0.05) is 11.6 Å². The maximum absolute atomic E-state index is 11.2. The van der Waals surface area contributed by atoms with E-state index in [1.54, 1.807) is 36.4 Å². The summed E-state index contributed by atoms with van der Waals surface area (Å²) in [5.74, 6) is 0.876. The van der Waals surface area contributed by atoms with Gasteiger partial charge in [0.25, 0.3) is 0 Å². The quantitative estimate of drug-likeness (QED) is 0.797. The van der Waals surface area contributed by atoms with Crippen molar-refractivity contribution in [2.75, 3.05) is 7.11 Å². The Balaban J connectivity index is 1.96. The highest BCUT2D eigenvalue weighted by Gasteiger charge is 2.11. The highest BCUT2D eigenvalue weighted by atomic mass is 35.5. The van der Waals surface area contributed by atoms with Crippen LogP contribution in [0.5, 0.6) is 5.75 Å². The molecule has 0 saturated carbocycles.